The molecule has 1 aliphatic heterocycles. The highest BCUT2D eigenvalue weighted by atomic mass is 35.5. The van der Waals surface area contributed by atoms with E-state index < -0.39 is 0 Å². The van der Waals surface area contributed by atoms with Crippen molar-refractivity contribution in [3.63, 3.8) is 0 Å². The fourth-order valence-corrected chi connectivity index (χ4v) is 6.66. The average molecular weight is 605 g/mol. The molecule has 7 rings (SSSR count). The van der Waals surface area contributed by atoms with Crippen molar-refractivity contribution in [3.05, 3.63) is 203 Å². The number of anilines is 2. The summed E-state index contributed by atoms with van der Waals surface area (Å²) in [4.78, 5) is 4.94. The number of para-hydroxylation sites is 3. The minimum Gasteiger partial charge on any atom is -0.507 e. The van der Waals surface area contributed by atoms with E-state index in [0.717, 1.165) is 33.8 Å². The fraction of sp³-hybridized carbons (Fsp3) is 0.0732. The lowest BCUT2D eigenvalue weighted by Crippen LogP contribution is -2.39. The van der Waals surface area contributed by atoms with Gasteiger partial charge >= 0.3 is 0 Å². The van der Waals surface area contributed by atoms with Gasteiger partial charge in [0.1, 0.15) is 5.75 Å². The zero-order chi connectivity index (χ0) is 30.6. The molecule has 0 saturated carbocycles. The zero-order valence-electron chi connectivity index (χ0n) is 24.7. The average Bonchev–Trinajstić information content (AvgIpc) is 3.26. The Balaban J connectivity index is 1.63. The van der Waals surface area contributed by atoms with Crippen molar-refractivity contribution in [3.8, 4) is 5.75 Å². The van der Waals surface area contributed by atoms with Crippen LogP contribution in [0.2, 0.25) is 5.02 Å². The zero-order valence-corrected chi connectivity index (χ0v) is 25.5. The summed E-state index contributed by atoms with van der Waals surface area (Å²) < 4.78 is 0. The number of halogens is 1. The van der Waals surface area contributed by atoms with Crippen LogP contribution in [0.1, 0.15) is 40.4 Å². The first kappa shape index (κ1) is 28.5. The molecule has 0 spiro atoms. The maximum absolute atomic E-state index is 11.4. The molecule has 0 aromatic heterocycles. The van der Waals surface area contributed by atoms with Crippen molar-refractivity contribution in [2.75, 3.05) is 9.80 Å². The first-order valence-electron chi connectivity index (χ1n) is 15.2. The van der Waals surface area contributed by atoms with Gasteiger partial charge in [0.2, 0.25) is 0 Å². The molecule has 0 saturated heterocycles. The Morgan fingerprint density at radius 1 is 0.467 bits per heavy atom. The molecule has 6 aromatic carbocycles. The SMILES string of the molecule is Oc1ccccc1C1=CC(c2ccc(Cl)cc2)N(c2ccccc2)[C@@H](c2ccccc2)[C@H](c2ccccc2)N1c1ccccc1. The standard InChI is InChI=1S/C41H33ClN2O/c42-33-27-25-30(26-28-33)37-29-38(36-23-13-14-24-39(36)45)44(35-21-11-4-12-22-35)41(32-17-7-2-8-18-32)40(31-15-5-1-6-16-31)43(37)34-19-9-3-10-20-34/h1-29,37,40-41,45H/t37?,40-,41-/m0/s1. The third-order valence-corrected chi connectivity index (χ3v) is 8.77. The van der Waals surface area contributed by atoms with Gasteiger partial charge in [0.05, 0.1) is 23.8 Å². The summed E-state index contributed by atoms with van der Waals surface area (Å²) >= 11 is 6.44. The summed E-state index contributed by atoms with van der Waals surface area (Å²) in [6.45, 7) is 0. The third kappa shape index (κ3) is 5.71. The topological polar surface area (TPSA) is 26.7 Å². The van der Waals surface area contributed by atoms with Crippen LogP contribution in [0.5, 0.6) is 5.75 Å². The van der Waals surface area contributed by atoms with Crippen molar-refractivity contribution in [1.29, 1.82) is 0 Å². The largest absolute Gasteiger partial charge is 0.507 e. The molecule has 0 bridgehead atoms. The van der Waals surface area contributed by atoms with Gasteiger partial charge in [0.15, 0.2) is 0 Å². The first-order chi connectivity index (χ1) is 22.2. The van der Waals surface area contributed by atoms with E-state index in [4.69, 9.17) is 11.6 Å². The summed E-state index contributed by atoms with van der Waals surface area (Å²) in [5.74, 6) is 0.232. The van der Waals surface area contributed by atoms with Gasteiger partial charge in [-0.1, -0.05) is 133 Å². The summed E-state index contributed by atoms with van der Waals surface area (Å²) in [6.07, 6.45) is 2.30. The third-order valence-electron chi connectivity index (χ3n) is 8.51. The van der Waals surface area contributed by atoms with Crippen molar-refractivity contribution in [2.45, 2.75) is 18.1 Å². The molecular formula is C41H33ClN2O. The van der Waals surface area contributed by atoms with Gasteiger partial charge in [-0.2, -0.15) is 0 Å². The fourth-order valence-electron chi connectivity index (χ4n) is 6.54. The quantitative estimate of drug-likeness (QED) is 0.205. The van der Waals surface area contributed by atoms with Crippen LogP contribution in [-0.4, -0.2) is 5.11 Å². The molecule has 1 N–H and O–H groups in total. The van der Waals surface area contributed by atoms with Gasteiger partial charge in [-0.3, -0.25) is 0 Å². The molecule has 6 aromatic rings. The number of benzene rings is 6. The number of phenols is 1. The van der Waals surface area contributed by atoms with Crippen molar-refractivity contribution >= 4 is 28.7 Å². The number of aromatic hydroxyl groups is 1. The Kier molecular flexibility index (Phi) is 8.09. The molecule has 1 heterocycles. The van der Waals surface area contributed by atoms with Gasteiger partial charge in [-0.15, -0.1) is 0 Å². The molecule has 0 fully saturated rings. The predicted molar refractivity (Wildman–Crippen MR) is 186 cm³/mol. The molecule has 0 aliphatic carbocycles. The number of hydrogen-bond acceptors (Lipinski definition) is 3. The van der Waals surface area contributed by atoms with Gasteiger partial charge < -0.3 is 14.9 Å². The second kappa shape index (κ2) is 12.8. The van der Waals surface area contributed by atoms with Gasteiger partial charge in [-0.05, 0) is 71.3 Å². The minimum atomic E-state index is -0.218. The molecule has 1 unspecified atom stereocenters. The van der Waals surface area contributed by atoms with Crippen LogP contribution in [0.4, 0.5) is 11.4 Å². The van der Waals surface area contributed by atoms with E-state index in [1.54, 1.807) is 6.07 Å². The summed E-state index contributed by atoms with van der Waals surface area (Å²) in [6, 6.07) is 57.8. The van der Waals surface area contributed by atoms with E-state index in [1.807, 2.05) is 36.4 Å². The molecule has 1 aliphatic rings. The highest BCUT2D eigenvalue weighted by Crippen LogP contribution is 2.52. The molecule has 3 nitrogen and oxygen atoms in total. The highest BCUT2D eigenvalue weighted by Gasteiger charge is 2.43. The monoisotopic (exact) mass is 604 g/mol. The number of phenolic OH excluding ortho intramolecular Hbond substituents is 1. The molecule has 0 amide bonds. The molecule has 45 heavy (non-hydrogen) atoms. The van der Waals surface area contributed by atoms with Crippen molar-refractivity contribution in [1.82, 2.24) is 0 Å². The number of hydrogen-bond donors (Lipinski definition) is 1. The normalized spacial score (nSPS) is 18.2. The van der Waals surface area contributed by atoms with Crippen LogP contribution in [-0.2, 0) is 0 Å². The first-order valence-corrected chi connectivity index (χ1v) is 15.6. The van der Waals surface area contributed by atoms with Gasteiger partial charge in [0, 0.05) is 22.0 Å². The van der Waals surface area contributed by atoms with Crippen molar-refractivity contribution < 1.29 is 5.11 Å². The second-order valence-corrected chi connectivity index (χ2v) is 11.7. The highest BCUT2D eigenvalue weighted by molar-refractivity contribution is 6.30. The maximum atomic E-state index is 11.4. The summed E-state index contributed by atoms with van der Waals surface area (Å²) in [5, 5.41) is 12.1. The van der Waals surface area contributed by atoms with Gasteiger partial charge in [0.25, 0.3) is 0 Å². The second-order valence-electron chi connectivity index (χ2n) is 11.2. The summed E-state index contributed by atoms with van der Waals surface area (Å²) in [5.41, 5.74) is 7.26. The van der Waals surface area contributed by atoms with E-state index >= 15 is 0 Å². The molecule has 3 atom stereocenters. The lowest BCUT2D eigenvalue weighted by atomic mass is 9.88. The smallest absolute Gasteiger partial charge is 0.124 e. The molecular weight excluding hydrogens is 572 g/mol. The van der Waals surface area contributed by atoms with Crippen LogP contribution >= 0.6 is 11.6 Å². The maximum Gasteiger partial charge on any atom is 0.124 e. The van der Waals surface area contributed by atoms with E-state index in [0.29, 0.717) is 5.02 Å². The van der Waals surface area contributed by atoms with Crippen LogP contribution in [0, 0.1) is 0 Å². The van der Waals surface area contributed by atoms with E-state index in [1.165, 1.54) is 5.56 Å². The van der Waals surface area contributed by atoms with E-state index in [9.17, 15) is 5.11 Å². The van der Waals surface area contributed by atoms with Crippen LogP contribution in [0.25, 0.3) is 5.70 Å². The lowest BCUT2D eigenvalue weighted by molar-refractivity contribution is 0.472. The van der Waals surface area contributed by atoms with Crippen LogP contribution in [0.15, 0.2) is 176 Å². The lowest BCUT2D eigenvalue weighted by Gasteiger charge is -2.45. The summed E-state index contributed by atoms with van der Waals surface area (Å²) in [7, 11) is 0. The van der Waals surface area contributed by atoms with E-state index in [-0.39, 0.29) is 23.9 Å². The van der Waals surface area contributed by atoms with Gasteiger partial charge in [-0.25, -0.2) is 0 Å². The predicted octanol–water partition coefficient (Wildman–Crippen LogP) is 10.6. The van der Waals surface area contributed by atoms with Crippen LogP contribution in [0.3, 0.4) is 0 Å². The number of rotatable bonds is 6. The molecule has 4 heteroatoms. The molecule has 0 radical (unpaired) electrons. The van der Waals surface area contributed by atoms with E-state index in [2.05, 4.69) is 143 Å². The minimum absolute atomic E-state index is 0.156. The molecule has 220 valence electrons. The Morgan fingerprint density at radius 2 is 0.956 bits per heavy atom. The van der Waals surface area contributed by atoms with Crippen LogP contribution < -0.4 is 9.80 Å². The Hall–Kier alpha value is -5.25. The van der Waals surface area contributed by atoms with Crippen molar-refractivity contribution in [2.24, 2.45) is 0 Å². The Labute approximate surface area is 269 Å². The number of nitrogens with zero attached hydrogens (tertiary/aromatic N) is 2. The Morgan fingerprint density at radius 3 is 1.53 bits per heavy atom. The Bertz CT molecular complexity index is 1880.